The minimum Gasteiger partial charge on any atom is -0.497 e. The second kappa shape index (κ2) is 10.2. The molecule has 37 heavy (non-hydrogen) atoms. The van der Waals surface area contributed by atoms with Crippen LogP contribution in [-0.4, -0.2) is 83.1 Å². The normalized spacial score (nSPS) is 23.9. The van der Waals surface area contributed by atoms with Crippen LogP contribution in [0.15, 0.2) is 53.5 Å². The molecule has 0 aliphatic carbocycles. The number of ether oxygens (including phenoxy) is 2. The van der Waals surface area contributed by atoms with Gasteiger partial charge in [-0.1, -0.05) is 16.8 Å². The fraction of sp³-hybridized carbons (Fsp3) is 0.333. The summed E-state index contributed by atoms with van der Waals surface area (Å²) in [6.45, 7) is -0.598. The number of aliphatic hydroxyl groups is 4. The molecule has 12 nitrogen and oxygen atoms in total. The highest BCUT2D eigenvalue weighted by Gasteiger charge is 2.44. The van der Waals surface area contributed by atoms with Gasteiger partial charge in [0.15, 0.2) is 6.23 Å². The molecule has 0 unspecified atom stereocenters. The lowest BCUT2D eigenvalue weighted by molar-refractivity contribution is -0.254. The van der Waals surface area contributed by atoms with E-state index in [-0.39, 0.29) is 12.1 Å². The van der Waals surface area contributed by atoms with Crippen LogP contribution in [0.4, 0.5) is 0 Å². The molecule has 2 aromatic carbocycles. The van der Waals surface area contributed by atoms with Crippen LogP contribution in [0.25, 0.3) is 22.3 Å². The molecule has 0 radical (unpaired) electrons. The Bertz CT molecular complexity index is 1470. The van der Waals surface area contributed by atoms with E-state index in [2.05, 4.69) is 10.3 Å². The fourth-order valence-corrected chi connectivity index (χ4v) is 4.44. The van der Waals surface area contributed by atoms with Crippen LogP contribution in [0.5, 0.6) is 5.75 Å². The number of aromatic nitrogens is 5. The number of hydrogen-bond donors (Lipinski definition) is 4. The molecule has 0 amide bonds. The average Bonchev–Trinajstić information content (AvgIpc) is 3.37. The number of nitrogens with zero attached hydrogens (tertiary/aromatic N) is 5. The zero-order chi connectivity index (χ0) is 26.3. The van der Waals surface area contributed by atoms with Crippen molar-refractivity contribution >= 4 is 22.5 Å². The van der Waals surface area contributed by atoms with Crippen molar-refractivity contribution in [2.45, 2.75) is 37.2 Å². The molecule has 13 heteroatoms. The molecule has 1 aliphatic heterocycles. The predicted octanol–water partition coefficient (Wildman–Crippen LogP) is 0.338. The van der Waals surface area contributed by atoms with Crippen molar-refractivity contribution in [3.8, 4) is 17.1 Å². The van der Waals surface area contributed by atoms with Crippen LogP contribution in [0, 0.1) is 0 Å². The van der Waals surface area contributed by atoms with Crippen molar-refractivity contribution in [1.82, 2.24) is 24.5 Å². The molecule has 1 fully saturated rings. The van der Waals surface area contributed by atoms with E-state index in [1.165, 1.54) is 15.4 Å². The summed E-state index contributed by atoms with van der Waals surface area (Å²) in [7, 11) is 1.56. The molecule has 1 aliphatic rings. The van der Waals surface area contributed by atoms with Gasteiger partial charge in [-0.05, 0) is 42.5 Å². The molecule has 0 bridgehead atoms. The third kappa shape index (κ3) is 4.70. The number of fused-ring (bicyclic) bond motifs is 1. The van der Waals surface area contributed by atoms with Gasteiger partial charge in [0.1, 0.15) is 41.7 Å². The quantitative estimate of drug-likeness (QED) is 0.273. The first-order valence-electron chi connectivity index (χ1n) is 11.4. The lowest BCUT2D eigenvalue weighted by atomic mass is 9.98. The van der Waals surface area contributed by atoms with Crippen molar-refractivity contribution < 1.29 is 29.9 Å². The number of halogens is 1. The van der Waals surface area contributed by atoms with Crippen LogP contribution >= 0.6 is 11.6 Å². The van der Waals surface area contributed by atoms with Gasteiger partial charge in [0, 0.05) is 10.6 Å². The Labute approximate surface area is 214 Å². The van der Waals surface area contributed by atoms with E-state index in [0.29, 0.717) is 38.8 Å². The van der Waals surface area contributed by atoms with Crippen molar-refractivity contribution in [2.75, 3.05) is 13.7 Å². The topological polar surface area (TPSA) is 165 Å². The molecule has 4 N–H and O–H groups in total. The summed E-state index contributed by atoms with van der Waals surface area (Å²) in [5.41, 5.74) is 1.10. The summed E-state index contributed by atoms with van der Waals surface area (Å²) >= 11 is 6.14. The molecule has 5 atom stereocenters. The van der Waals surface area contributed by atoms with Crippen molar-refractivity contribution in [3.05, 3.63) is 69.7 Å². The average molecular weight is 530 g/mol. The zero-order valence-corrected chi connectivity index (χ0v) is 20.3. The third-order valence-corrected chi connectivity index (χ3v) is 6.51. The van der Waals surface area contributed by atoms with Crippen LogP contribution in [0.2, 0.25) is 5.02 Å². The van der Waals surface area contributed by atoms with E-state index in [0.717, 1.165) is 0 Å². The van der Waals surface area contributed by atoms with Crippen molar-refractivity contribution in [2.24, 2.45) is 0 Å². The maximum atomic E-state index is 13.5. The second-order valence-corrected chi connectivity index (χ2v) is 9.06. The van der Waals surface area contributed by atoms with Gasteiger partial charge in [-0.15, -0.1) is 5.10 Å². The highest BCUT2D eigenvalue weighted by Crippen LogP contribution is 2.28. The number of benzene rings is 2. The second-order valence-electron chi connectivity index (χ2n) is 8.63. The van der Waals surface area contributed by atoms with Gasteiger partial charge < -0.3 is 29.9 Å². The molecular weight excluding hydrogens is 506 g/mol. The van der Waals surface area contributed by atoms with Crippen molar-refractivity contribution in [1.29, 1.82) is 0 Å². The predicted molar refractivity (Wildman–Crippen MR) is 131 cm³/mol. The van der Waals surface area contributed by atoms with E-state index in [1.807, 2.05) is 0 Å². The van der Waals surface area contributed by atoms with Gasteiger partial charge in [-0.25, -0.2) is 9.67 Å². The lowest BCUT2D eigenvalue weighted by Gasteiger charge is -2.39. The standard InChI is InChI=1S/C24H24ClN5O7/c1-36-15-5-2-12(3-6-15)22-26-17-8-13(25)4-7-16(17)23(35)29(22)9-14-10-30(28-27-14)24-21(34)20(33)19(32)18(11-31)37-24/h2-8,10,18-21,24,31-34H,9,11H2,1H3/t18-,19-,20+,21-,24-/m1/s1. The first-order chi connectivity index (χ1) is 17.8. The van der Waals surface area contributed by atoms with Gasteiger partial charge in [-0.3, -0.25) is 9.36 Å². The summed E-state index contributed by atoms with van der Waals surface area (Å²) in [5.74, 6) is 1.01. The van der Waals surface area contributed by atoms with E-state index >= 15 is 0 Å². The molecule has 1 saturated heterocycles. The summed E-state index contributed by atoms with van der Waals surface area (Å²) in [5, 5.41) is 48.9. The number of hydrogen-bond acceptors (Lipinski definition) is 10. The zero-order valence-electron chi connectivity index (χ0n) is 19.5. The fourth-order valence-electron chi connectivity index (χ4n) is 4.27. The van der Waals surface area contributed by atoms with Crippen LogP contribution in [0.1, 0.15) is 11.9 Å². The first kappa shape index (κ1) is 25.3. The van der Waals surface area contributed by atoms with Gasteiger partial charge in [-0.2, -0.15) is 0 Å². The summed E-state index contributed by atoms with van der Waals surface area (Å²) in [6, 6.07) is 11.9. The van der Waals surface area contributed by atoms with Gasteiger partial charge in [0.05, 0.1) is 37.4 Å². The highest BCUT2D eigenvalue weighted by molar-refractivity contribution is 6.31. The highest BCUT2D eigenvalue weighted by atomic mass is 35.5. The first-order valence-corrected chi connectivity index (χ1v) is 11.7. The Hall–Kier alpha value is -3.39. The summed E-state index contributed by atoms with van der Waals surface area (Å²) < 4.78 is 13.4. The monoisotopic (exact) mass is 529 g/mol. The van der Waals surface area contributed by atoms with Gasteiger partial charge >= 0.3 is 0 Å². The molecule has 3 heterocycles. The summed E-state index contributed by atoms with van der Waals surface area (Å²) in [4.78, 5) is 18.2. The Kier molecular flexibility index (Phi) is 6.94. The molecule has 194 valence electrons. The van der Waals surface area contributed by atoms with Gasteiger partial charge in [0.2, 0.25) is 0 Å². The Morgan fingerprint density at radius 2 is 1.84 bits per heavy atom. The van der Waals surface area contributed by atoms with Crippen LogP contribution in [-0.2, 0) is 11.3 Å². The summed E-state index contributed by atoms with van der Waals surface area (Å²) in [6.07, 6.45) is -5.46. The van der Waals surface area contributed by atoms with Crippen molar-refractivity contribution in [3.63, 3.8) is 0 Å². The maximum absolute atomic E-state index is 13.5. The Morgan fingerprint density at radius 3 is 2.54 bits per heavy atom. The Balaban J connectivity index is 1.54. The van der Waals surface area contributed by atoms with Crippen LogP contribution < -0.4 is 10.3 Å². The molecule has 0 spiro atoms. The maximum Gasteiger partial charge on any atom is 0.262 e. The molecule has 5 rings (SSSR count). The smallest absolute Gasteiger partial charge is 0.262 e. The third-order valence-electron chi connectivity index (χ3n) is 6.27. The van der Waals surface area contributed by atoms with E-state index in [1.54, 1.807) is 49.6 Å². The van der Waals surface area contributed by atoms with Crippen LogP contribution in [0.3, 0.4) is 0 Å². The number of aliphatic hydroxyl groups excluding tert-OH is 4. The minimum absolute atomic E-state index is 0.0246. The van der Waals surface area contributed by atoms with E-state index in [4.69, 9.17) is 26.1 Å². The van der Waals surface area contributed by atoms with E-state index < -0.39 is 37.3 Å². The van der Waals surface area contributed by atoms with E-state index in [9.17, 15) is 25.2 Å². The van der Waals surface area contributed by atoms with Gasteiger partial charge in [0.25, 0.3) is 5.56 Å². The Morgan fingerprint density at radius 1 is 1.08 bits per heavy atom. The number of methoxy groups -OCH3 is 1. The molecule has 0 saturated carbocycles. The SMILES string of the molecule is COc1ccc(-c2nc3cc(Cl)ccc3c(=O)n2Cc2cn([C@@H]3O[C@H](CO)[C@@H](O)[C@H](O)[C@H]3O)nn2)cc1. The largest absolute Gasteiger partial charge is 0.497 e. The minimum atomic E-state index is -1.57. The molecule has 4 aromatic rings. The molecule has 2 aromatic heterocycles. The number of rotatable bonds is 6. The lowest BCUT2D eigenvalue weighted by Crippen LogP contribution is -2.56. The molecular formula is C24H24ClN5O7.